The van der Waals surface area contributed by atoms with Crippen LogP contribution < -0.4 is 0 Å². The van der Waals surface area contributed by atoms with Crippen LogP contribution in [0.1, 0.15) is 85.9 Å². The highest BCUT2D eigenvalue weighted by molar-refractivity contribution is 5.87. The SMILES string of the molecule is CCCC(c1cc(C(F)(F)F)ccc1C(F)(F)F)N1CC/C(=C(/CC)C(=O)O)CC1c1ccc(C(F)(F)F)cc1. The number of hydrogen-bond acceptors (Lipinski definition) is 2. The van der Waals surface area contributed by atoms with Crippen LogP contribution in [0.25, 0.3) is 0 Å². The van der Waals surface area contributed by atoms with Gasteiger partial charge in [-0.15, -0.1) is 0 Å². The van der Waals surface area contributed by atoms with E-state index in [0.717, 1.165) is 12.1 Å². The van der Waals surface area contributed by atoms with Crippen LogP contribution >= 0.6 is 0 Å². The fourth-order valence-corrected chi connectivity index (χ4v) is 5.32. The van der Waals surface area contributed by atoms with Crippen molar-refractivity contribution in [2.24, 2.45) is 0 Å². The van der Waals surface area contributed by atoms with Gasteiger partial charge >= 0.3 is 24.5 Å². The minimum absolute atomic E-state index is 0.00396. The first kappa shape index (κ1) is 31.5. The zero-order valence-electron chi connectivity index (χ0n) is 21.6. The quantitative estimate of drug-likeness (QED) is 0.262. The molecule has 0 aromatic heterocycles. The van der Waals surface area contributed by atoms with Crippen molar-refractivity contribution in [3.63, 3.8) is 0 Å². The Morgan fingerprint density at radius 3 is 1.95 bits per heavy atom. The van der Waals surface area contributed by atoms with Crippen LogP contribution in [0.5, 0.6) is 0 Å². The van der Waals surface area contributed by atoms with Crippen molar-refractivity contribution in [1.82, 2.24) is 4.90 Å². The summed E-state index contributed by atoms with van der Waals surface area (Å²) in [5.74, 6) is -1.18. The molecule has 0 radical (unpaired) electrons. The number of hydrogen-bond donors (Lipinski definition) is 1. The molecule has 2 aromatic rings. The Kier molecular flexibility index (Phi) is 9.33. The number of alkyl halides is 9. The standard InChI is InChI=1S/C28H28F9NO2/c1-3-5-23(21-15-19(27(32,33)34)10-11-22(21)28(35,36)37)38-13-12-17(20(4-2)25(39)40)14-24(38)16-6-8-18(9-7-16)26(29,30)31/h6-11,15,23-24H,3-5,12-14H2,1-2H3,(H,39,40)/b20-17+. The monoisotopic (exact) mass is 581 g/mol. The molecule has 1 N–H and O–H groups in total. The summed E-state index contributed by atoms with van der Waals surface area (Å²) < 4.78 is 122. The van der Waals surface area contributed by atoms with Gasteiger partial charge in [-0.3, -0.25) is 4.90 Å². The maximum atomic E-state index is 14.0. The summed E-state index contributed by atoms with van der Waals surface area (Å²) in [5.41, 5.74) is -3.14. The Bertz CT molecular complexity index is 1230. The van der Waals surface area contributed by atoms with Crippen LogP contribution in [-0.2, 0) is 23.3 Å². The largest absolute Gasteiger partial charge is 0.478 e. The number of carbonyl (C=O) groups is 1. The zero-order chi connectivity index (χ0) is 30.0. The summed E-state index contributed by atoms with van der Waals surface area (Å²) in [6.07, 6.45) is -13.9. The lowest BCUT2D eigenvalue weighted by Crippen LogP contribution is -2.39. The number of likely N-dealkylation sites (tertiary alicyclic amines) is 1. The van der Waals surface area contributed by atoms with Gasteiger partial charge in [0.25, 0.3) is 0 Å². The predicted molar refractivity (Wildman–Crippen MR) is 129 cm³/mol. The van der Waals surface area contributed by atoms with Gasteiger partial charge in [-0.05, 0) is 67.1 Å². The molecule has 0 bridgehead atoms. The summed E-state index contributed by atoms with van der Waals surface area (Å²) in [7, 11) is 0. The smallest absolute Gasteiger partial charge is 0.416 e. The van der Waals surface area contributed by atoms with Crippen LogP contribution in [0.2, 0.25) is 0 Å². The molecule has 0 saturated carbocycles. The number of rotatable bonds is 7. The van der Waals surface area contributed by atoms with Crippen molar-refractivity contribution in [1.29, 1.82) is 0 Å². The molecule has 1 fully saturated rings. The summed E-state index contributed by atoms with van der Waals surface area (Å²) in [6, 6.07) is 3.22. The van der Waals surface area contributed by atoms with E-state index in [1.807, 2.05) is 0 Å². The van der Waals surface area contributed by atoms with Gasteiger partial charge in [-0.1, -0.05) is 38.0 Å². The molecule has 2 aromatic carbocycles. The van der Waals surface area contributed by atoms with Gasteiger partial charge in [0.05, 0.1) is 16.7 Å². The lowest BCUT2D eigenvalue weighted by molar-refractivity contribution is -0.142. The number of halogens is 9. The Balaban J connectivity index is 2.22. The predicted octanol–water partition coefficient (Wildman–Crippen LogP) is 9.21. The fraction of sp³-hybridized carbons (Fsp3) is 0.464. The summed E-state index contributed by atoms with van der Waals surface area (Å²) in [4.78, 5) is 13.4. The molecule has 2 atom stereocenters. The van der Waals surface area contributed by atoms with E-state index < -0.39 is 58.8 Å². The molecule has 2 unspecified atom stereocenters. The third-order valence-corrected chi connectivity index (χ3v) is 7.18. The molecular weight excluding hydrogens is 553 g/mol. The minimum atomic E-state index is -4.96. The third-order valence-electron chi connectivity index (χ3n) is 7.18. The number of nitrogens with zero attached hydrogens (tertiary/aromatic N) is 1. The van der Waals surface area contributed by atoms with Crippen LogP contribution in [-0.4, -0.2) is 22.5 Å². The van der Waals surface area contributed by atoms with E-state index in [9.17, 15) is 49.4 Å². The van der Waals surface area contributed by atoms with Gasteiger partial charge in [-0.2, -0.15) is 39.5 Å². The van der Waals surface area contributed by atoms with Crippen molar-refractivity contribution in [2.45, 2.75) is 76.6 Å². The van der Waals surface area contributed by atoms with Gasteiger partial charge in [-0.25, -0.2) is 4.79 Å². The molecule has 1 heterocycles. The van der Waals surface area contributed by atoms with Crippen molar-refractivity contribution < 1.29 is 49.4 Å². The average Bonchev–Trinajstić information content (AvgIpc) is 2.86. The number of piperidine rings is 1. The lowest BCUT2D eigenvalue weighted by Gasteiger charge is -2.44. The van der Waals surface area contributed by atoms with Crippen LogP contribution in [0.3, 0.4) is 0 Å². The van der Waals surface area contributed by atoms with Crippen LogP contribution in [0.15, 0.2) is 53.6 Å². The van der Waals surface area contributed by atoms with Crippen molar-refractivity contribution in [3.8, 4) is 0 Å². The number of carboxylic acid groups (broad SMARTS) is 1. The normalized spacial score (nSPS) is 19.4. The Hall–Kier alpha value is -3.02. The Morgan fingerprint density at radius 2 is 1.48 bits per heavy atom. The van der Waals surface area contributed by atoms with Crippen molar-refractivity contribution in [3.05, 3.63) is 81.4 Å². The average molecular weight is 582 g/mol. The number of benzene rings is 2. The molecule has 1 saturated heterocycles. The van der Waals surface area contributed by atoms with E-state index in [1.54, 1.807) is 18.7 Å². The molecule has 12 heteroatoms. The highest BCUT2D eigenvalue weighted by atomic mass is 19.4. The van der Waals surface area contributed by atoms with Gasteiger partial charge in [0, 0.05) is 24.2 Å². The highest BCUT2D eigenvalue weighted by Gasteiger charge is 2.42. The van der Waals surface area contributed by atoms with Crippen LogP contribution in [0.4, 0.5) is 39.5 Å². The molecule has 3 nitrogen and oxygen atoms in total. The summed E-state index contributed by atoms with van der Waals surface area (Å²) in [6.45, 7) is 3.28. The molecule has 3 rings (SSSR count). The molecule has 220 valence electrons. The minimum Gasteiger partial charge on any atom is -0.478 e. The topological polar surface area (TPSA) is 40.5 Å². The first-order valence-corrected chi connectivity index (χ1v) is 12.6. The maximum absolute atomic E-state index is 14.0. The van der Waals surface area contributed by atoms with E-state index in [-0.39, 0.29) is 43.4 Å². The zero-order valence-corrected chi connectivity index (χ0v) is 21.6. The molecule has 1 aliphatic rings. The van der Waals surface area contributed by atoms with Crippen molar-refractivity contribution in [2.75, 3.05) is 6.54 Å². The molecule has 40 heavy (non-hydrogen) atoms. The van der Waals surface area contributed by atoms with E-state index in [4.69, 9.17) is 0 Å². The van der Waals surface area contributed by atoms with Crippen molar-refractivity contribution >= 4 is 5.97 Å². The van der Waals surface area contributed by atoms with E-state index in [1.165, 1.54) is 12.1 Å². The molecule has 0 amide bonds. The highest BCUT2D eigenvalue weighted by Crippen LogP contribution is 2.47. The second kappa shape index (κ2) is 11.8. The lowest BCUT2D eigenvalue weighted by atomic mass is 9.84. The molecular formula is C28H28F9NO2. The molecule has 0 spiro atoms. The van der Waals surface area contributed by atoms with Crippen LogP contribution in [0, 0.1) is 0 Å². The Morgan fingerprint density at radius 1 is 0.900 bits per heavy atom. The fourth-order valence-electron chi connectivity index (χ4n) is 5.32. The van der Waals surface area contributed by atoms with Gasteiger partial charge in [0.2, 0.25) is 0 Å². The van der Waals surface area contributed by atoms with Gasteiger partial charge in [0.1, 0.15) is 0 Å². The first-order chi connectivity index (χ1) is 18.5. The van der Waals surface area contributed by atoms with E-state index >= 15 is 0 Å². The second-order valence-corrected chi connectivity index (χ2v) is 9.67. The first-order valence-electron chi connectivity index (χ1n) is 12.6. The third kappa shape index (κ3) is 7.00. The van der Waals surface area contributed by atoms with Gasteiger partial charge < -0.3 is 5.11 Å². The second-order valence-electron chi connectivity index (χ2n) is 9.67. The number of carboxylic acids is 1. The van der Waals surface area contributed by atoms with E-state index in [2.05, 4.69) is 0 Å². The Labute approximate surface area is 225 Å². The number of aliphatic carboxylic acids is 1. The molecule has 0 aliphatic carbocycles. The maximum Gasteiger partial charge on any atom is 0.416 e. The molecule has 1 aliphatic heterocycles. The van der Waals surface area contributed by atoms with Gasteiger partial charge in [0.15, 0.2) is 0 Å². The summed E-state index contributed by atoms with van der Waals surface area (Å²) in [5, 5.41) is 9.65. The summed E-state index contributed by atoms with van der Waals surface area (Å²) >= 11 is 0. The van der Waals surface area contributed by atoms with E-state index in [0.29, 0.717) is 30.2 Å².